The second-order valence-electron chi connectivity index (χ2n) is 13.3. The molecule has 0 unspecified atom stereocenters. The second-order valence-corrected chi connectivity index (χ2v) is 14.3. The first-order valence-corrected chi connectivity index (χ1v) is 16.5. The van der Waals surface area contributed by atoms with Gasteiger partial charge in [0.15, 0.2) is 16.7 Å². The molecule has 3 aliphatic heterocycles. The number of halogens is 1. The lowest BCUT2D eigenvalue weighted by molar-refractivity contribution is 0.0375. The van der Waals surface area contributed by atoms with Gasteiger partial charge in [-0.15, -0.1) is 0 Å². The van der Waals surface area contributed by atoms with E-state index in [2.05, 4.69) is 70.0 Å². The van der Waals surface area contributed by atoms with Crippen molar-refractivity contribution in [2.24, 2.45) is 0 Å². The number of rotatable bonds is 7. The minimum Gasteiger partial charge on any atom is -0.482 e. The molecule has 0 bridgehead atoms. The minimum atomic E-state index is -0.439. The number of thiazole rings is 1. The normalized spacial score (nSPS) is 18.8. The first kappa shape index (κ1) is 29.9. The van der Waals surface area contributed by atoms with Crippen molar-refractivity contribution in [1.29, 1.82) is 0 Å². The maximum absolute atomic E-state index is 15.3. The van der Waals surface area contributed by atoms with Crippen LogP contribution < -0.4 is 19.9 Å². The largest absolute Gasteiger partial charge is 0.482 e. The van der Waals surface area contributed by atoms with Gasteiger partial charge in [0.25, 0.3) is 5.91 Å². The summed E-state index contributed by atoms with van der Waals surface area (Å²) in [4.78, 5) is 24.9. The summed E-state index contributed by atoms with van der Waals surface area (Å²) in [7, 11) is 0. The van der Waals surface area contributed by atoms with Crippen molar-refractivity contribution in [3.05, 3.63) is 70.5 Å². The Labute approximate surface area is 259 Å². The molecule has 6 rings (SSSR count). The quantitative estimate of drug-likeness (QED) is 0.345. The van der Waals surface area contributed by atoms with Crippen LogP contribution in [0.1, 0.15) is 73.7 Å². The average molecular weight is 606 g/mol. The lowest BCUT2D eigenvalue weighted by atomic mass is 9.86. The molecule has 1 aromatic heterocycles. The van der Waals surface area contributed by atoms with Crippen molar-refractivity contribution in [1.82, 2.24) is 15.2 Å². The van der Waals surface area contributed by atoms with Gasteiger partial charge in [-0.2, -0.15) is 0 Å². The summed E-state index contributed by atoms with van der Waals surface area (Å²) in [6.45, 7) is 13.5. The molecule has 0 radical (unpaired) electrons. The molecule has 0 aliphatic carbocycles. The highest BCUT2D eigenvalue weighted by Crippen LogP contribution is 2.43. The van der Waals surface area contributed by atoms with Crippen LogP contribution in [0.4, 0.5) is 15.2 Å². The van der Waals surface area contributed by atoms with Crippen molar-refractivity contribution in [2.75, 3.05) is 55.6 Å². The van der Waals surface area contributed by atoms with Crippen LogP contribution in [0.3, 0.4) is 0 Å². The lowest BCUT2D eigenvalue weighted by Crippen LogP contribution is -2.48. The Kier molecular flexibility index (Phi) is 8.65. The van der Waals surface area contributed by atoms with Crippen molar-refractivity contribution < 1.29 is 13.9 Å². The highest BCUT2D eigenvalue weighted by atomic mass is 32.1. The average Bonchev–Trinajstić information content (AvgIpc) is 3.67. The topological polar surface area (TPSA) is 60.9 Å². The zero-order valence-electron chi connectivity index (χ0n) is 25.7. The van der Waals surface area contributed by atoms with Crippen LogP contribution in [0.25, 0.3) is 0 Å². The summed E-state index contributed by atoms with van der Waals surface area (Å²) >= 11 is 1.44. The molecule has 1 amide bonds. The first-order valence-electron chi connectivity index (χ1n) is 15.7. The van der Waals surface area contributed by atoms with Gasteiger partial charge in [-0.25, -0.2) is 9.37 Å². The van der Waals surface area contributed by atoms with Crippen molar-refractivity contribution in [3.63, 3.8) is 0 Å². The summed E-state index contributed by atoms with van der Waals surface area (Å²) in [6, 6.07) is 14.0. The molecular formula is C34H44FN5O2S. The summed E-state index contributed by atoms with van der Waals surface area (Å²) < 4.78 is 21.9. The smallest absolute Gasteiger partial charge is 0.263 e. The summed E-state index contributed by atoms with van der Waals surface area (Å²) in [6.07, 6.45) is 6.55. The van der Waals surface area contributed by atoms with Crippen molar-refractivity contribution in [2.45, 2.75) is 70.4 Å². The minimum absolute atomic E-state index is 0.0521. The Morgan fingerprint density at radius 1 is 1.02 bits per heavy atom. The number of piperidine rings is 1. The number of hydrogen-bond acceptors (Lipinski definition) is 7. The molecule has 230 valence electrons. The van der Waals surface area contributed by atoms with E-state index in [1.807, 2.05) is 6.07 Å². The number of likely N-dealkylation sites (tertiary alicyclic amines) is 1. The molecular weight excluding hydrogens is 561 g/mol. The summed E-state index contributed by atoms with van der Waals surface area (Å²) in [5.41, 5.74) is 2.99. The van der Waals surface area contributed by atoms with E-state index in [4.69, 9.17) is 4.74 Å². The molecule has 3 aliphatic rings. The van der Waals surface area contributed by atoms with Gasteiger partial charge in [-0.1, -0.05) is 62.4 Å². The van der Waals surface area contributed by atoms with Crippen LogP contribution in [-0.4, -0.2) is 67.2 Å². The molecule has 2 fully saturated rings. The summed E-state index contributed by atoms with van der Waals surface area (Å²) in [5.74, 6) is 0.000222. The zero-order chi connectivity index (χ0) is 30.0. The molecule has 4 heterocycles. The van der Waals surface area contributed by atoms with Gasteiger partial charge in [-0.05, 0) is 54.6 Å². The fourth-order valence-corrected chi connectivity index (χ4v) is 7.35. The molecule has 9 heteroatoms. The monoisotopic (exact) mass is 605 g/mol. The van der Waals surface area contributed by atoms with E-state index >= 15 is 4.39 Å². The highest BCUT2D eigenvalue weighted by Gasteiger charge is 2.41. The van der Waals surface area contributed by atoms with Gasteiger partial charge in [-0.3, -0.25) is 4.79 Å². The van der Waals surface area contributed by atoms with Gasteiger partial charge in [0.2, 0.25) is 0 Å². The molecule has 43 heavy (non-hydrogen) atoms. The van der Waals surface area contributed by atoms with E-state index in [1.54, 1.807) is 12.3 Å². The fraction of sp³-hybridized carbons (Fsp3) is 0.529. The number of amides is 1. The van der Waals surface area contributed by atoms with E-state index < -0.39 is 5.60 Å². The van der Waals surface area contributed by atoms with E-state index in [1.165, 1.54) is 41.4 Å². The predicted octanol–water partition coefficient (Wildman–Crippen LogP) is 6.23. The number of ether oxygens (including phenoxy) is 1. The third kappa shape index (κ3) is 6.83. The maximum Gasteiger partial charge on any atom is 0.263 e. The molecule has 7 nitrogen and oxygen atoms in total. The van der Waals surface area contributed by atoms with Crippen LogP contribution in [-0.2, 0) is 12.0 Å². The van der Waals surface area contributed by atoms with Gasteiger partial charge >= 0.3 is 0 Å². The van der Waals surface area contributed by atoms with E-state index in [-0.39, 0.29) is 17.1 Å². The van der Waals surface area contributed by atoms with E-state index in [0.717, 1.165) is 69.3 Å². The van der Waals surface area contributed by atoms with Crippen LogP contribution in [0.2, 0.25) is 0 Å². The van der Waals surface area contributed by atoms with Gasteiger partial charge in [0.1, 0.15) is 10.5 Å². The van der Waals surface area contributed by atoms with Crippen LogP contribution in [0.15, 0.2) is 48.7 Å². The predicted molar refractivity (Wildman–Crippen MR) is 172 cm³/mol. The third-order valence-electron chi connectivity index (χ3n) is 9.21. The Bertz CT molecular complexity index is 1400. The number of hydrogen-bond donors (Lipinski definition) is 1. The second kappa shape index (κ2) is 12.4. The molecule has 3 aromatic rings. The Morgan fingerprint density at radius 2 is 1.74 bits per heavy atom. The highest BCUT2D eigenvalue weighted by molar-refractivity contribution is 7.17. The molecule has 0 atom stereocenters. The van der Waals surface area contributed by atoms with E-state index in [0.29, 0.717) is 23.7 Å². The third-order valence-corrected chi connectivity index (χ3v) is 10.3. The van der Waals surface area contributed by atoms with Crippen LogP contribution in [0, 0.1) is 5.82 Å². The number of fused-ring (bicyclic) bond motifs is 1. The van der Waals surface area contributed by atoms with Gasteiger partial charge in [0.05, 0.1) is 11.9 Å². The van der Waals surface area contributed by atoms with Crippen molar-refractivity contribution in [3.8, 4) is 5.75 Å². The number of carbonyl (C=O) groups excluding carboxylic acids is 1. The Hall–Kier alpha value is -3.17. The number of nitrogens with one attached hydrogen (secondary N) is 1. The SMILES string of the molecule is CC(C)(C)c1ccc(CN2CCC3(CCN(c4ncc(C(=O)NCCN5CCCC5)s4)CC3)Oc3c(F)cccc32)cc1. The van der Waals surface area contributed by atoms with Crippen LogP contribution >= 0.6 is 11.3 Å². The van der Waals surface area contributed by atoms with E-state index in [9.17, 15) is 4.79 Å². The summed E-state index contributed by atoms with van der Waals surface area (Å²) in [5, 5.41) is 3.91. The number of carbonyl (C=O) groups is 1. The number of para-hydroxylation sites is 1. The standard InChI is InChI=1S/C34H44FN5O2S/c1-33(2,3)26-11-9-25(10-12-26)24-40-21-15-34(42-30-27(35)7-6-8-28(30)40)13-19-39(20-14-34)32-37-23-29(43-32)31(41)36-16-22-38-17-4-5-18-38/h6-12,23H,4-5,13-22,24H2,1-3H3,(H,36,41). The lowest BCUT2D eigenvalue weighted by Gasteiger charge is -2.41. The Morgan fingerprint density at radius 3 is 2.47 bits per heavy atom. The molecule has 2 aromatic carbocycles. The van der Waals surface area contributed by atoms with Crippen LogP contribution in [0.5, 0.6) is 5.75 Å². The number of anilines is 2. The van der Waals surface area contributed by atoms with Gasteiger partial charge < -0.3 is 24.8 Å². The number of aromatic nitrogens is 1. The zero-order valence-corrected chi connectivity index (χ0v) is 26.5. The molecule has 1 N–H and O–H groups in total. The first-order chi connectivity index (χ1) is 20.7. The Balaban J connectivity index is 1.09. The number of benzene rings is 2. The molecule has 1 spiro atoms. The van der Waals surface area contributed by atoms with Crippen molar-refractivity contribution >= 4 is 28.1 Å². The maximum atomic E-state index is 15.3. The number of nitrogens with zero attached hydrogens (tertiary/aromatic N) is 4. The fourth-order valence-electron chi connectivity index (χ4n) is 6.46. The van der Waals surface area contributed by atoms with Gasteiger partial charge in [0, 0.05) is 58.5 Å². The molecule has 2 saturated heterocycles. The molecule has 0 saturated carbocycles.